The first kappa shape index (κ1) is 15.2. The first-order valence-electron chi connectivity index (χ1n) is 6.46. The molecule has 0 N–H and O–H groups in total. The lowest BCUT2D eigenvalue weighted by molar-refractivity contribution is -0.144. The number of fused-ring (bicyclic) bond motifs is 1. The number of alkyl halides is 2. The van der Waals surface area contributed by atoms with Crippen LogP contribution in [0.15, 0.2) is 36.9 Å². The summed E-state index contributed by atoms with van der Waals surface area (Å²) in [5.41, 5.74) is 0.393. The second kappa shape index (κ2) is 5.63. The Morgan fingerprint density at radius 1 is 1.43 bits per heavy atom. The lowest BCUT2D eigenvalue weighted by atomic mass is 9.96. The Kier molecular flexibility index (Phi) is 4.06. The van der Waals surface area contributed by atoms with Gasteiger partial charge in [0.25, 0.3) is 5.92 Å². The van der Waals surface area contributed by atoms with Crippen LogP contribution in [0.2, 0.25) is 0 Å². The molecular weight excluding hydrogens is 278 g/mol. The maximum Gasteiger partial charge on any atom is 0.290 e. The number of amides is 2. The molecule has 0 radical (unpaired) electrons. The molecule has 0 spiro atoms. The van der Waals surface area contributed by atoms with Crippen molar-refractivity contribution in [3.05, 3.63) is 48.0 Å². The summed E-state index contributed by atoms with van der Waals surface area (Å²) in [6, 6.07) is 6.18. The summed E-state index contributed by atoms with van der Waals surface area (Å²) in [6.07, 6.45) is 1.08. The molecule has 1 aromatic carbocycles. The third-order valence-corrected chi connectivity index (χ3v) is 3.44. The van der Waals surface area contributed by atoms with E-state index in [1.807, 2.05) is 0 Å². The first-order valence-corrected chi connectivity index (χ1v) is 6.46. The Balaban J connectivity index is 2.15. The predicted octanol–water partition coefficient (Wildman–Crippen LogP) is 1.76. The Morgan fingerprint density at radius 2 is 2.10 bits per heavy atom. The number of likely N-dealkylation sites (N-methyl/N-ethyl adjacent to an activating group) is 1. The molecule has 0 atom stereocenters. The van der Waals surface area contributed by atoms with Crippen molar-refractivity contribution in [3.8, 4) is 0 Å². The predicted molar refractivity (Wildman–Crippen MR) is 73.6 cm³/mol. The van der Waals surface area contributed by atoms with Crippen LogP contribution in [-0.2, 0) is 22.1 Å². The van der Waals surface area contributed by atoms with Crippen LogP contribution in [0.3, 0.4) is 0 Å². The van der Waals surface area contributed by atoms with Crippen molar-refractivity contribution in [2.45, 2.75) is 12.5 Å². The number of hydrogen-bond donors (Lipinski definition) is 0. The minimum Gasteiger partial charge on any atom is -0.333 e. The fourth-order valence-electron chi connectivity index (χ4n) is 2.31. The molecule has 0 aromatic heterocycles. The van der Waals surface area contributed by atoms with Gasteiger partial charge in [0, 0.05) is 19.2 Å². The van der Waals surface area contributed by atoms with E-state index in [1.165, 1.54) is 13.1 Å². The molecule has 1 aromatic rings. The fraction of sp³-hybridized carbons (Fsp3) is 0.333. The number of halogens is 2. The zero-order valence-electron chi connectivity index (χ0n) is 11.7. The van der Waals surface area contributed by atoms with Gasteiger partial charge in [-0.15, -0.1) is 0 Å². The molecule has 21 heavy (non-hydrogen) atoms. The lowest BCUT2D eigenvalue weighted by Crippen LogP contribution is -2.47. The highest BCUT2D eigenvalue weighted by Crippen LogP contribution is 2.36. The first-order chi connectivity index (χ1) is 9.85. The Labute approximate surface area is 121 Å². The molecule has 0 unspecified atom stereocenters. The summed E-state index contributed by atoms with van der Waals surface area (Å²) in [4.78, 5) is 25.7. The summed E-state index contributed by atoms with van der Waals surface area (Å²) in [5.74, 6) is -4.01. The Bertz CT molecular complexity index is 587. The van der Waals surface area contributed by atoms with Crippen LogP contribution in [0.5, 0.6) is 0 Å². The average molecular weight is 294 g/mol. The third-order valence-electron chi connectivity index (χ3n) is 3.44. The molecule has 0 saturated heterocycles. The molecule has 6 heteroatoms. The van der Waals surface area contributed by atoms with Gasteiger partial charge in [0.2, 0.25) is 11.8 Å². The molecule has 0 bridgehead atoms. The quantitative estimate of drug-likeness (QED) is 0.797. The average Bonchev–Trinajstić information content (AvgIpc) is 2.45. The highest BCUT2D eigenvalue weighted by Gasteiger charge is 2.41. The summed E-state index contributed by atoms with van der Waals surface area (Å²) in [7, 11) is 1.43. The van der Waals surface area contributed by atoms with Crippen LogP contribution in [0, 0.1) is 0 Å². The van der Waals surface area contributed by atoms with E-state index < -0.39 is 24.3 Å². The van der Waals surface area contributed by atoms with Crippen LogP contribution < -0.4 is 0 Å². The van der Waals surface area contributed by atoms with Crippen molar-refractivity contribution in [2.24, 2.45) is 0 Å². The number of hydrogen-bond acceptors (Lipinski definition) is 2. The van der Waals surface area contributed by atoms with E-state index in [2.05, 4.69) is 6.58 Å². The monoisotopic (exact) mass is 294 g/mol. The van der Waals surface area contributed by atoms with Crippen molar-refractivity contribution in [1.29, 1.82) is 0 Å². The zero-order valence-corrected chi connectivity index (χ0v) is 11.7. The molecular formula is C15H16F2N2O2. The number of benzene rings is 1. The number of carbonyl (C=O) groups is 2. The number of carbonyl (C=O) groups excluding carboxylic acids is 2. The van der Waals surface area contributed by atoms with Gasteiger partial charge in [0.1, 0.15) is 0 Å². The zero-order chi connectivity index (χ0) is 15.6. The van der Waals surface area contributed by atoms with E-state index in [4.69, 9.17) is 0 Å². The minimum atomic E-state index is -3.08. The van der Waals surface area contributed by atoms with Crippen molar-refractivity contribution >= 4 is 11.8 Å². The molecule has 4 nitrogen and oxygen atoms in total. The van der Waals surface area contributed by atoms with Crippen LogP contribution in [0.25, 0.3) is 0 Å². The van der Waals surface area contributed by atoms with Gasteiger partial charge >= 0.3 is 0 Å². The highest BCUT2D eigenvalue weighted by molar-refractivity contribution is 5.90. The minimum absolute atomic E-state index is 0.0374. The van der Waals surface area contributed by atoms with Gasteiger partial charge in [0.15, 0.2) is 0 Å². The van der Waals surface area contributed by atoms with Gasteiger partial charge in [0.05, 0.1) is 13.1 Å². The van der Waals surface area contributed by atoms with E-state index in [0.29, 0.717) is 5.56 Å². The third kappa shape index (κ3) is 3.09. The highest BCUT2D eigenvalue weighted by atomic mass is 19.3. The van der Waals surface area contributed by atoms with Crippen LogP contribution >= 0.6 is 0 Å². The molecule has 0 aliphatic carbocycles. The van der Waals surface area contributed by atoms with E-state index in [1.54, 1.807) is 18.2 Å². The van der Waals surface area contributed by atoms with Gasteiger partial charge in [-0.05, 0) is 11.6 Å². The molecule has 1 aliphatic heterocycles. The molecule has 0 saturated carbocycles. The second-order valence-electron chi connectivity index (χ2n) is 5.01. The van der Waals surface area contributed by atoms with E-state index in [0.717, 1.165) is 15.9 Å². The SMILES string of the molecule is C=CC(=O)N(C)CC(=O)N1Cc2ccccc2C(F)(F)C1. The van der Waals surface area contributed by atoms with Crippen molar-refractivity contribution in [2.75, 3.05) is 20.1 Å². The summed E-state index contributed by atoms with van der Waals surface area (Å²) >= 11 is 0. The Morgan fingerprint density at radius 3 is 2.76 bits per heavy atom. The fourth-order valence-corrected chi connectivity index (χ4v) is 2.31. The van der Waals surface area contributed by atoms with Crippen molar-refractivity contribution in [1.82, 2.24) is 9.80 Å². The Hall–Kier alpha value is -2.24. The van der Waals surface area contributed by atoms with Crippen LogP contribution in [0.4, 0.5) is 8.78 Å². The van der Waals surface area contributed by atoms with Gasteiger partial charge in [-0.3, -0.25) is 9.59 Å². The van der Waals surface area contributed by atoms with Crippen LogP contribution in [0.1, 0.15) is 11.1 Å². The summed E-state index contributed by atoms with van der Waals surface area (Å²) < 4.78 is 28.2. The topological polar surface area (TPSA) is 40.6 Å². The van der Waals surface area contributed by atoms with Gasteiger partial charge in [-0.1, -0.05) is 30.8 Å². The molecule has 2 amide bonds. The van der Waals surface area contributed by atoms with E-state index in [9.17, 15) is 18.4 Å². The van der Waals surface area contributed by atoms with Gasteiger partial charge < -0.3 is 9.80 Å². The van der Waals surface area contributed by atoms with Gasteiger partial charge in [-0.25, -0.2) is 0 Å². The lowest BCUT2D eigenvalue weighted by Gasteiger charge is -2.35. The van der Waals surface area contributed by atoms with E-state index in [-0.39, 0.29) is 18.7 Å². The second-order valence-corrected chi connectivity index (χ2v) is 5.01. The molecule has 2 rings (SSSR count). The maximum absolute atomic E-state index is 14.1. The van der Waals surface area contributed by atoms with E-state index >= 15 is 0 Å². The molecule has 1 aliphatic rings. The number of nitrogens with zero attached hydrogens (tertiary/aromatic N) is 2. The molecule has 1 heterocycles. The molecule has 0 fully saturated rings. The summed E-state index contributed by atoms with van der Waals surface area (Å²) in [6.45, 7) is 2.53. The largest absolute Gasteiger partial charge is 0.333 e. The number of rotatable bonds is 3. The van der Waals surface area contributed by atoms with Crippen molar-refractivity contribution in [3.63, 3.8) is 0 Å². The smallest absolute Gasteiger partial charge is 0.290 e. The summed E-state index contributed by atoms with van der Waals surface area (Å²) in [5, 5.41) is 0. The normalized spacial score (nSPS) is 16.0. The standard InChI is InChI=1S/C15H16F2N2O2/c1-3-13(20)18(2)9-14(21)19-8-11-6-4-5-7-12(11)15(16,17)10-19/h3-7H,1,8-10H2,2H3. The van der Waals surface area contributed by atoms with Gasteiger partial charge in [-0.2, -0.15) is 8.78 Å². The maximum atomic E-state index is 14.1. The molecule has 112 valence electrons. The van der Waals surface area contributed by atoms with Crippen molar-refractivity contribution < 1.29 is 18.4 Å². The van der Waals surface area contributed by atoms with Crippen LogP contribution in [-0.4, -0.2) is 41.8 Å².